The van der Waals surface area contributed by atoms with Crippen molar-refractivity contribution in [1.82, 2.24) is 20.0 Å². The van der Waals surface area contributed by atoms with Gasteiger partial charge in [0.05, 0.1) is 18.8 Å². The number of nitrogens with one attached hydrogen (secondary N) is 2. The summed E-state index contributed by atoms with van der Waals surface area (Å²) in [5.41, 5.74) is 1.11. The maximum atomic E-state index is 12.3. The first-order valence-electron chi connectivity index (χ1n) is 8.30. The van der Waals surface area contributed by atoms with Gasteiger partial charge in [-0.3, -0.25) is 14.0 Å². The van der Waals surface area contributed by atoms with Crippen molar-refractivity contribution in [1.29, 1.82) is 0 Å². The maximum Gasteiger partial charge on any atom is 0.269 e. The van der Waals surface area contributed by atoms with Crippen LogP contribution in [-0.4, -0.2) is 45.5 Å². The summed E-state index contributed by atoms with van der Waals surface area (Å²) in [6, 6.07) is 5.00. The normalized spacial score (nSPS) is 16.2. The van der Waals surface area contributed by atoms with Crippen molar-refractivity contribution in [2.45, 2.75) is 31.7 Å². The first-order chi connectivity index (χ1) is 11.7. The van der Waals surface area contributed by atoms with E-state index in [-0.39, 0.29) is 30.9 Å². The molecule has 3 rings (SSSR count). The molecule has 7 nitrogen and oxygen atoms in total. The van der Waals surface area contributed by atoms with Gasteiger partial charge in [0.2, 0.25) is 5.91 Å². The minimum atomic E-state index is -0.485. The van der Waals surface area contributed by atoms with Crippen LogP contribution < -0.4 is 10.6 Å². The van der Waals surface area contributed by atoms with Gasteiger partial charge in [0.1, 0.15) is 11.3 Å². The standard InChI is InChI=1S/C17H22N4O3/c22-11-13(20-16(23)12-5-1-2-6-12)9-19-17(24)14-10-18-15-7-3-4-8-21(14)15/h3-4,7-8,10,12-13,22H,1-2,5-6,9,11H2,(H,19,24)(H,20,23)/t13-/m1/s1. The number of carbonyl (C=O) groups excluding carboxylic acids is 2. The van der Waals surface area contributed by atoms with Crippen molar-refractivity contribution in [2.75, 3.05) is 13.2 Å². The molecule has 0 unspecified atom stereocenters. The number of hydrogen-bond donors (Lipinski definition) is 3. The third kappa shape index (κ3) is 3.56. The van der Waals surface area contributed by atoms with Crippen molar-refractivity contribution in [3.8, 4) is 0 Å². The average molecular weight is 330 g/mol. The lowest BCUT2D eigenvalue weighted by molar-refractivity contribution is -0.125. The van der Waals surface area contributed by atoms with Gasteiger partial charge in [-0.15, -0.1) is 0 Å². The van der Waals surface area contributed by atoms with Gasteiger partial charge in [-0.05, 0) is 25.0 Å². The van der Waals surface area contributed by atoms with Gasteiger partial charge < -0.3 is 15.7 Å². The summed E-state index contributed by atoms with van der Waals surface area (Å²) in [6.07, 6.45) is 7.23. The Labute approximate surface area is 140 Å². The lowest BCUT2D eigenvalue weighted by atomic mass is 10.1. The van der Waals surface area contributed by atoms with E-state index >= 15 is 0 Å². The zero-order valence-electron chi connectivity index (χ0n) is 13.4. The summed E-state index contributed by atoms with van der Waals surface area (Å²) in [6.45, 7) is -0.0419. The highest BCUT2D eigenvalue weighted by Crippen LogP contribution is 2.24. The number of aliphatic hydroxyl groups excluding tert-OH is 1. The van der Waals surface area contributed by atoms with Crippen LogP contribution in [0.4, 0.5) is 0 Å². The second-order valence-corrected chi connectivity index (χ2v) is 6.15. The molecule has 128 valence electrons. The van der Waals surface area contributed by atoms with Crippen LogP contribution in [0.1, 0.15) is 36.2 Å². The highest BCUT2D eigenvalue weighted by molar-refractivity contribution is 5.93. The van der Waals surface area contributed by atoms with Crippen LogP contribution in [0, 0.1) is 5.92 Å². The van der Waals surface area contributed by atoms with Crippen molar-refractivity contribution < 1.29 is 14.7 Å². The fourth-order valence-electron chi connectivity index (χ4n) is 3.08. The fourth-order valence-corrected chi connectivity index (χ4v) is 3.08. The number of imidazole rings is 1. The van der Waals surface area contributed by atoms with Gasteiger partial charge in [0.15, 0.2) is 0 Å². The number of rotatable bonds is 6. The predicted octanol–water partition coefficient (Wildman–Crippen LogP) is 0.731. The summed E-state index contributed by atoms with van der Waals surface area (Å²) in [5.74, 6) is -0.286. The Balaban J connectivity index is 1.56. The van der Waals surface area contributed by atoms with Crippen LogP contribution in [0.5, 0.6) is 0 Å². The second-order valence-electron chi connectivity index (χ2n) is 6.15. The molecule has 0 aliphatic heterocycles. The van der Waals surface area contributed by atoms with E-state index in [0.717, 1.165) is 25.7 Å². The van der Waals surface area contributed by atoms with Crippen LogP contribution in [-0.2, 0) is 4.79 Å². The average Bonchev–Trinajstić information content (AvgIpc) is 3.27. The fraction of sp³-hybridized carbons (Fsp3) is 0.471. The Hall–Kier alpha value is -2.41. The van der Waals surface area contributed by atoms with E-state index in [1.54, 1.807) is 10.6 Å². The molecule has 0 spiro atoms. The molecule has 0 aromatic carbocycles. The topological polar surface area (TPSA) is 95.7 Å². The largest absolute Gasteiger partial charge is 0.394 e. The molecule has 0 bridgehead atoms. The van der Waals surface area contributed by atoms with E-state index in [9.17, 15) is 14.7 Å². The smallest absolute Gasteiger partial charge is 0.269 e. The molecule has 1 atom stereocenters. The molecule has 2 aromatic rings. The molecule has 1 fully saturated rings. The Morgan fingerprint density at radius 2 is 2.12 bits per heavy atom. The van der Waals surface area contributed by atoms with Crippen molar-refractivity contribution in [2.24, 2.45) is 5.92 Å². The van der Waals surface area contributed by atoms with Crippen molar-refractivity contribution in [3.05, 3.63) is 36.3 Å². The first kappa shape index (κ1) is 16.4. The number of nitrogens with zero attached hydrogens (tertiary/aromatic N) is 2. The van der Waals surface area contributed by atoms with Gasteiger partial charge in [-0.1, -0.05) is 18.9 Å². The van der Waals surface area contributed by atoms with E-state index in [1.807, 2.05) is 18.2 Å². The minimum absolute atomic E-state index is 0.0319. The first-order valence-corrected chi connectivity index (χ1v) is 8.30. The van der Waals surface area contributed by atoms with Gasteiger partial charge >= 0.3 is 0 Å². The van der Waals surface area contributed by atoms with E-state index in [4.69, 9.17) is 0 Å². The molecule has 2 aromatic heterocycles. The summed E-state index contributed by atoms with van der Waals surface area (Å²) in [5, 5.41) is 15.0. The quantitative estimate of drug-likeness (QED) is 0.728. The number of pyridine rings is 1. The zero-order chi connectivity index (χ0) is 16.9. The molecular formula is C17H22N4O3. The Bertz CT molecular complexity index is 721. The molecule has 2 heterocycles. The third-order valence-corrected chi connectivity index (χ3v) is 4.45. The van der Waals surface area contributed by atoms with E-state index in [1.165, 1.54) is 6.20 Å². The summed E-state index contributed by atoms with van der Waals surface area (Å²) < 4.78 is 1.69. The number of amides is 2. The second kappa shape index (κ2) is 7.44. The summed E-state index contributed by atoms with van der Waals surface area (Å²) in [7, 11) is 0. The lowest BCUT2D eigenvalue weighted by Crippen LogP contribution is -2.47. The van der Waals surface area contributed by atoms with E-state index < -0.39 is 6.04 Å². The van der Waals surface area contributed by atoms with Gasteiger partial charge in [0, 0.05) is 18.7 Å². The number of fused-ring (bicyclic) bond motifs is 1. The molecule has 0 saturated heterocycles. The zero-order valence-corrected chi connectivity index (χ0v) is 13.4. The number of carbonyl (C=O) groups is 2. The lowest BCUT2D eigenvalue weighted by Gasteiger charge is -2.19. The summed E-state index contributed by atoms with van der Waals surface area (Å²) in [4.78, 5) is 28.6. The van der Waals surface area contributed by atoms with E-state index in [0.29, 0.717) is 11.3 Å². The maximum absolute atomic E-state index is 12.3. The molecule has 1 aliphatic carbocycles. The van der Waals surface area contributed by atoms with Gasteiger partial charge in [-0.25, -0.2) is 4.98 Å². The monoisotopic (exact) mass is 330 g/mol. The SMILES string of the molecule is O=C(NC[C@H](CO)NC(=O)C1CCCC1)c1cnc2ccccn12. The number of hydrogen-bond acceptors (Lipinski definition) is 4. The van der Waals surface area contributed by atoms with Crippen molar-refractivity contribution >= 4 is 17.5 Å². The Morgan fingerprint density at radius 1 is 1.33 bits per heavy atom. The molecule has 0 radical (unpaired) electrons. The van der Waals surface area contributed by atoms with Gasteiger partial charge in [0.25, 0.3) is 5.91 Å². The number of aromatic nitrogens is 2. The molecule has 7 heteroatoms. The van der Waals surface area contributed by atoms with Crippen LogP contribution >= 0.6 is 0 Å². The van der Waals surface area contributed by atoms with Crippen LogP contribution in [0.2, 0.25) is 0 Å². The van der Waals surface area contributed by atoms with Crippen LogP contribution in [0.15, 0.2) is 30.6 Å². The van der Waals surface area contributed by atoms with Gasteiger partial charge in [-0.2, -0.15) is 0 Å². The number of aliphatic hydroxyl groups is 1. The van der Waals surface area contributed by atoms with E-state index in [2.05, 4.69) is 15.6 Å². The van der Waals surface area contributed by atoms with Crippen LogP contribution in [0.3, 0.4) is 0 Å². The molecule has 1 aliphatic rings. The molecule has 1 saturated carbocycles. The Morgan fingerprint density at radius 3 is 2.88 bits per heavy atom. The van der Waals surface area contributed by atoms with Crippen molar-refractivity contribution in [3.63, 3.8) is 0 Å². The highest BCUT2D eigenvalue weighted by atomic mass is 16.3. The Kier molecular flexibility index (Phi) is 5.10. The summed E-state index contributed by atoms with van der Waals surface area (Å²) >= 11 is 0. The third-order valence-electron chi connectivity index (χ3n) is 4.45. The minimum Gasteiger partial charge on any atom is -0.394 e. The molecular weight excluding hydrogens is 308 g/mol. The molecule has 3 N–H and O–H groups in total. The highest BCUT2D eigenvalue weighted by Gasteiger charge is 2.24. The molecule has 24 heavy (non-hydrogen) atoms. The molecule has 2 amide bonds. The van der Waals surface area contributed by atoms with Crippen LogP contribution in [0.25, 0.3) is 5.65 Å². The predicted molar refractivity (Wildman–Crippen MR) is 88.5 cm³/mol.